The molecule has 0 bridgehead atoms. The van der Waals surface area contributed by atoms with Crippen LogP contribution in [0.5, 0.6) is 0 Å². The molecule has 2 rings (SSSR count). The minimum absolute atomic E-state index is 0.133. The second-order valence-corrected chi connectivity index (χ2v) is 7.14. The summed E-state index contributed by atoms with van der Waals surface area (Å²) in [6.45, 7) is 7.48. The van der Waals surface area contributed by atoms with Crippen molar-refractivity contribution >= 4 is 12.0 Å². The largest absolute Gasteiger partial charge is 0.450 e. The highest BCUT2D eigenvalue weighted by molar-refractivity contribution is 5.80. The molecule has 0 radical (unpaired) electrons. The predicted molar refractivity (Wildman–Crippen MR) is 76.2 cm³/mol. The van der Waals surface area contributed by atoms with Crippen LogP contribution >= 0.6 is 0 Å². The maximum Gasteiger partial charge on any atom is 0.407 e. The van der Waals surface area contributed by atoms with Crippen molar-refractivity contribution in [2.24, 2.45) is 17.3 Å². The summed E-state index contributed by atoms with van der Waals surface area (Å²) in [7, 11) is 1.89. The number of cyclic esters (lactones) is 1. The van der Waals surface area contributed by atoms with E-state index >= 15 is 0 Å². The summed E-state index contributed by atoms with van der Waals surface area (Å²) >= 11 is 0. The van der Waals surface area contributed by atoms with Gasteiger partial charge in [-0.2, -0.15) is 0 Å². The first-order valence-corrected chi connectivity index (χ1v) is 7.46. The second kappa shape index (κ2) is 5.62. The Bertz CT molecular complexity index is 383. The van der Waals surface area contributed by atoms with Crippen LogP contribution in [0.4, 0.5) is 4.79 Å². The minimum atomic E-state index is -0.417. The predicted octanol–water partition coefficient (Wildman–Crippen LogP) is 2.02. The highest BCUT2D eigenvalue weighted by Gasteiger charge is 2.41. The number of nitrogens with one attached hydrogen (secondary N) is 1. The van der Waals surface area contributed by atoms with Gasteiger partial charge in [-0.3, -0.25) is 4.79 Å². The summed E-state index contributed by atoms with van der Waals surface area (Å²) in [5, 5.41) is 2.63. The van der Waals surface area contributed by atoms with E-state index in [1.54, 1.807) is 0 Å². The summed E-state index contributed by atoms with van der Waals surface area (Å²) < 4.78 is 4.90. The molecule has 20 heavy (non-hydrogen) atoms. The Kier molecular flexibility index (Phi) is 4.25. The average molecular weight is 282 g/mol. The maximum atomic E-state index is 12.5. The Hall–Kier alpha value is -1.26. The lowest BCUT2D eigenvalue weighted by molar-refractivity contribution is -0.140. The molecule has 1 atom stereocenters. The molecule has 1 N–H and O–H groups in total. The molecule has 0 aromatic rings. The molecular formula is C15H26N2O3. The second-order valence-electron chi connectivity index (χ2n) is 7.14. The Morgan fingerprint density at radius 2 is 2.00 bits per heavy atom. The van der Waals surface area contributed by atoms with Crippen molar-refractivity contribution in [1.82, 2.24) is 10.2 Å². The fraction of sp³-hybridized carbons (Fsp3) is 0.867. The number of hydrogen-bond acceptors (Lipinski definition) is 3. The van der Waals surface area contributed by atoms with Crippen LogP contribution < -0.4 is 5.32 Å². The lowest BCUT2D eigenvalue weighted by Crippen LogP contribution is -2.51. The van der Waals surface area contributed by atoms with Gasteiger partial charge in [0.15, 0.2) is 0 Å². The van der Waals surface area contributed by atoms with Crippen LogP contribution in [-0.4, -0.2) is 43.1 Å². The Balaban J connectivity index is 1.85. The SMILES string of the molecule is CN(C(=O)[C@@H]1CCOC(=O)NC1)[C@H]1C[C@H](C(C)(C)C)C1. The first-order valence-electron chi connectivity index (χ1n) is 7.46. The third kappa shape index (κ3) is 3.25. The van der Waals surface area contributed by atoms with Crippen molar-refractivity contribution in [2.45, 2.75) is 46.1 Å². The maximum absolute atomic E-state index is 12.5. The number of carbonyl (C=O) groups excluding carboxylic acids is 2. The summed E-state index contributed by atoms with van der Waals surface area (Å²) in [6.07, 6.45) is 2.36. The number of nitrogens with zero attached hydrogens (tertiary/aromatic N) is 1. The van der Waals surface area contributed by atoms with E-state index in [9.17, 15) is 9.59 Å². The van der Waals surface area contributed by atoms with E-state index in [0.717, 1.165) is 12.8 Å². The summed E-state index contributed by atoms with van der Waals surface area (Å²) in [4.78, 5) is 25.5. The van der Waals surface area contributed by atoms with Gasteiger partial charge >= 0.3 is 6.09 Å². The Labute approximate surface area is 121 Å². The Morgan fingerprint density at radius 3 is 2.60 bits per heavy atom. The van der Waals surface area contributed by atoms with Gasteiger partial charge in [-0.25, -0.2) is 4.79 Å². The minimum Gasteiger partial charge on any atom is -0.450 e. The topological polar surface area (TPSA) is 58.6 Å². The van der Waals surface area contributed by atoms with Gasteiger partial charge in [0.05, 0.1) is 12.5 Å². The van der Waals surface area contributed by atoms with Crippen molar-refractivity contribution in [1.29, 1.82) is 0 Å². The zero-order valence-electron chi connectivity index (χ0n) is 12.9. The van der Waals surface area contributed by atoms with E-state index in [2.05, 4.69) is 26.1 Å². The molecule has 0 aromatic heterocycles. The molecule has 0 spiro atoms. The van der Waals surface area contributed by atoms with Crippen molar-refractivity contribution in [2.75, 3.05) is 20.2 Å². The van der Waals surface area contributed by atoms with E-state index in [-0.39, 0.29) is 11.8 Å². The van der Waals surface area contributed by atoms with Gasteiger partial charge in [0.25, 0.3) is 0 Å². The molecule has 1 heterocycles. The number of carbonyl (C=O) groups is 2. The Morgan fingerprint density at radius 1 is 1.35 bits per heavy atom. The van der Waals surface area contributed by atoms with Gasteiger partial charge in [0.1, 0.15) is 0 Å². The number of alkyl carbamates (subject to hydrolysis) is 1. The van der Waals surface area contributed by atoms with Gasteiger partial charge in [-0.1, -0.05) is 20.8 Å². The quantitative estimate of drug-likeness (QED) is 0.843. The molecule has 1 saturated carbocycles. The molecule has 0 unspecified atom stereocenters. The molecule has 2 aliphatic rings. The highest BCUT2D eigenvalue weighted by Crippen LogP contribution is 2.43. The molecule has 5 heteroatoms. The zero-order chi connectivity index (χ0) is 14.9. The molecule has 2 fully saturated rings. The van der Waals surface area contributed by atoms with Crippen LogP contribution in [0.25, 0.3) is 0 Å². The summed E-state index contributed by atoms with van der Waals surface area (Å²) in [5.41, 5.74) is 0.324. The highest BCUT2D eigenvalue weighted by atomic mass is 16.5. The molecular weight excluding hydrogens is 256 g/mol. The number of ether oxygens (including phenoxy) is 1. The van der Waals surface area contributed by atoms with Gasteiger partial charge in [-0.15, -0.1) is 0 Å². The molecule has 114 valence electrons. The van der Waals surface area contributed by atoms with Crippen LogP contribution in [0, 0.1) is 17.3 Å². The lowest BCUT2D eigenvalue weighted by atomic mass is 9.65. The van der Waals surface area contributed by atoms with E-state index in [4.69, 9.17) is 4.74 Å². The van der Waals surface area contributed by atoms with E-state index in [0.29, 0.717) is 36.9 Å². The third-order valence-corrected chi connectivity index (χ3v) is 4.77. The van der Waals surface area contributed by atoms with Crippen LogP contribution in [0.15, 0.2) is 0 Å². The van der Waals surface area contributed by atoms with E-state index in [1.165, 1.54) is 0 Å². The number of hydrogen-bond donors (Lipinski definition) is 1. The monoisotopic (exact) mass is 282 g/mol. The van der Waals surface area contributed by atoms with Gasteiger partial charge in [-0.05, 0) is 30.6 Å². The summed E-state index contributed by atoms with van der Waals surface area (Å²) in [5.74, 6) is 0.674. The number of amides is 2. The van der Waals surface area contributed by atoms with Crippen molar-refractivity contribution < 1.29 is 14.3 Å². The van der Waals surface area contributed by atoms with Crippen LogP contribution in [0.3, 0.4) is 0 Å². The van der Waals surface area contributed by atoms with E-state index in [1.807, 2.05) is 11.9 Å². The number of rotatable bonds is 2. The third-order valence-electron chi connectivity index (χ3n) is 4.77. The van der Waals surface area contributed by atoms with Gasteiger partial charge in [0, 0.05) is 19.6 Å². The summed E-state index contributed by atoms with van der Waals surface area (Å²) in [6, 6.07) is 0.353. The first kappa shape index (κ1) is 15.1. The fourth-order valence-electron chi connectivity index (χ4n) is 2.94. The molecule has 2 amide bonds. The molecule has 0 aromatic carbocycles. The van der Waals surface area contributed by atoms with Crippen LogP contribution in [0.1, 0.15) is 40.0 Å². The van der Waals surface area contributed by atoms with E-state index < -0.39 is 6.09 Å². The zero-order valence-corrected chi connectivity index (χ0v) is 12.9. The van der Waals surface area contributed by atoms with Gasteiger partial charge in [0.2, 0.25) is 5.91 Å². The average Bonchev–Trinajstić information content (AvgIpc) is 2.49. The molecule has 1 aliphatic carbocycles. The smallest absolute Gasteiger partial charge is 0.407 e. The standard InChI is InChI=1S/C15H26N2O3/c1-15(2,3)11-7-12(8-11)17(4)13(18)10-5-6-20-14(19)16-9-10/h10-12H,5-9H2,1-4H3,(H,16,19)/t10-,11-,12-/m1/s1. The van der Waals surface area contributed by atoms with Crippen LogP contribution in [0.2, 0.25) is 0 Å². The van der Waals surface area contributed by atoms with Gasteiger partial charge < -0.3 is 15.0 Å². The molecule has 5 nitrogen and oxygen atoms in total. The van der Waals surface area contributed by atoms with Crippen molar-refractivity contribution in [3.8, 4) is 0 Å². The van der Waals surface area contributed by atoms with Crippen LogP contribution in [-0.2, 0) is 9.53 Å². The molecule has 1 saturated heterocycles. The lowest BCUT2D eigenvalue weighted by Gasteiger charge is -2.47. The van der Waals surface area contributed by atoms with Crippen molar-refractivity contribution in [3.05, 3.63) is 0 Å². The first-order chi connectivity index (χ1) is 9.29. The fourth-order valence-corrected chi connectivity index (χ4v) is 2.94. The van der Waals surface area contributed by atoms with Crippen molar-refractivity contribution in [3.63, 3.8) is 0 Å². The molecule has 1 aliphatic heterocycles. The normalized spacial score (nSPS) is 30.6.